The highest BCUT2D eigenvalue weighted by atomic mass is 32.1. The van der Waals surface area contributed by atoms with E-state index in [4.69, 9.17) is 0 Å². The summed E-state index contributed by atoms with van der Waals surface area (Å²) in [4.78, 5) is 0. The zero-order valence-corrected chi connectivity index (χ0v) is 7.68. The van der Waals surface area contributed by atoms with Crippen LogP contribution in [0.1, 0.15) is 6.42 Å². The quantitative estimate of drug-likeness (QED) is 0.620. The normalized spacial score (nSPS) is 10.8. The Kier molecular flexibility index (Phi) is 2.09. The third-order valence-corrected chi connectivity index (χ3v) is 2.84. The van der Waals surface area contributed by atoms with Crippen LogP contribution in [0.25, 0.3) is 10.2 Å². The van der Waals surface area contributed by atoms with Gasteiger partial charge in [-0.3, -0.25) is 0 Å². The predicted octanol–water partition coefficient (Wildman–Crippen LogP) is 2.41. The van der Waals surface area contributed by atoms with Crippen molar-refractivity contribution in [2.24, 2.45) is 0 Å². The molecule has 2 aromatic rings. The molecule has 1 radical (unpaired) electrons. The molecule has 1 aromatic carbocycles. The summed E-state index contributed by atoms with van der Waals surface area (Å²) in [6.45, 7) is 4.87. The fourth-order valence-electron chi connectivity index (χ4n) is 1.31. The van der Waals surface area contributed by atoms with Gasteiger partial charge >= 0.3 is 0 Å². The lowest BCUT2D eigenvalue weighted by molar-refractivity contribution is -0.666. The molecule has 2 rings (SSSR count). The van der Waals surface area contributed by atoms with E-state index >= 15 is 0 Å². The van der Waals surface area contributed by atoms with E-state index in [0.717, 1.165) is 13.0 Å². The Morgan fingerprint density at radius 2 is 2.17 bits per heavy atom. The number of aromatic nitrogens is 1. The average molecular weight is 177 g/mol. The van der Waals surface area contributed by atoms with Crippen molar-refractivity contribution in [1.29, 1.82) is 0 Å². The van der Waals surface area contributed by atoms with Crippen molar-refractivity contribution in [2.75, 3.05) is 0 Å². The first-order valence-electron chi connectivity index (χ1n) is 4.07. The van der Waals surface area contributed by atoms with E-state index in [-0.39, 0.29) is 0 Å². The number of rotatable bonds is 2. The molecule has 0 aliphatic heterocycles. The van der Waals surface area contributed by atoms with E-state index in [0.29, 0.717) is 0 Å². The first-order chi connectivity index (χ1) is 5.92. The van der Waals surface area contributed by atoms with Crippen LogP contribution < -0.4 is 4.57 Å². The van der Waals surface area contributed by atoms with Crippen LogP contribution in [0.4, 0.5) is 0 Å². The molecule has 61 valence electrons. The molecule has 0 fully saturated rings. The highest BCUT2D eigenvalue weighted by Gasteiger charge is 2.08. The molecule has 0 amide bonds. The monoisotopic (exact) mass is 177 g/mol. The Morgan fingerprint density at radius 1 is 1.33 bits per heavy atom. The number of hydrogen-bond acceptors (Lipinski definition) is 1. The van der Waals surface area contributed by atoms with Crippen LogP contribution in [0.15, 0.2) is 29.8 Å². The molecule has 12 heavy (non-hydrogen) atoms. The van der Waals surface area contributed by atoms with Crippen LogP contribution in [0, 0.1) is 6.92 Å². The van der Waals surface area contributed by atoms with Crippen LogP contribution in [0.3, 0.4) is 0 Å². The summed E-state index contributed by atoms with van der Waals surface area (Å²) in [5.74, 6) is 0. The molecule has 0 bridgehead atoms. The molecule has 0 atom stereocenters. The molecule has 2 heteroatoms. The summed E-state index contributed by atoms with van der Waals surface area (Å²) < 4.78 is 3.61. The van der Waals surface area contributed by atoms with Gasteiger partial charge in [-0.1, -0.05) is 23.5 Å². The van der Waals surface area contributed by atoms with Gasteiger partial charge in [-0.05, 0) is 13.0 Å². The summed E-state index contributed by atoms with van der Waals surface area (Å²) in [5.41, 5.74) is 3.49. The molecule has 0 N–H and O–H groups in total. The van der Waals surface area contributed by atoms with Crippen molar-refractivity contribution in [2.45, 2.75) is 13.0 Å². The lowest BCUT2D eigenvalue weighted by Gasteiger charge is -1.88. The van der Waals surface area contributed by atoms with E-state index in [1.165, 1.54) is 10.2 Å². The second-order valence-corrected chi connectivity index (χ2v) is 3.62. The van der Waals surface area contributed by atoms with Crippen LogP contribution in [-0.4, -0.2) is 0 Å². The van der Waals surface area contributed by atoms with Crippen LogP contribution in [-0.2, 0) is 6.54 Å². The second-order valence-electron chi connectivity index (χ2n) is 2.74. The lowest BCUT2D eigenvalue weighted by Crippen LogP contribution is -2.30. The Hall–Kier alpha value is -0.890. The van der Waals surface area contributed by atoms with Gasteiger partial charge < -0.3 is 0 Å². The third kappa shape index (κ3) is 1.23. The zero-order chi connectivity index (χ0) is 8.39. The maximum atomic E-state index is 3.85. The first-order valence-corrected chi connectivity index (χ1v) is 4.94. The smallest absolute Gasteiger partial charge is 0.188 e. The minimum atomic E-state index is 0.950. The maximum Gasteiger partial charge on any atom is 0.225 e. The van der Waals surface area contributed by atoms with Crippen molar-refractivity contribution in [3.8, 4) is 0 Å². The van der Waals surface area contributed by atoms with Gasteiger partial charge in [0.2, 0.25) is 11.0 Å². The van der Waals surface area contributed by atoms with Gasteiger partial charge in [0.1, 0.15) is 11.2 Å². The van der Waals surface area contributed by atoms with Gasteiger partial charge in [-0.25, -0.2) is 0 Å². The standard InChI is InChI=1S/C10H11NS/c1-2-7-11-8-12-10-6-4-3-5-9(10)11/h3-6,8H,1-2,7H2/q+1. The van der Waals surface area contributed by atoms with Crippen LogP contribution >= 0.6 is 11.3 Å². The number of fused-ring (bicyclic) bond motifs is 1. The number of thiazole rings is 1. The molecule has 1 heterocycles. The van der Waals surface area contributed by atoms with Gasteiger partial charge in [0.15, 0.2) is 0 Å². The van der Waals surface area contributed by atoms with Gasteiger partial charge in [-0.15, -0.1) is 0 Å². The molecule has 0 unspecified atom stereocenters. The summed E-state index contributed by atoms with van der Waals surface area (Å²) in [5, 5.41) is 0. The minimum absolute atomic E-state index is 0.950. The van der Waals surface area contributed by atoms with Crippen LogP contribution in [0.5, 0.6) is 0 Å². The maximum absolute atomic E-state index is 3.85. The van der Waals surface area contributed by atoms with Crippen molar-refractivity contribution < 1.29 is 4.57 Å². The minimum Gasteiger partial charge on any atom is -0.188 e. The third-order valence-electron chi connectivity index (χ3n) is 1.88. The summed E-state index contributed by atoms with van der Waals surface area (Å²) in [7, 11) is 0. The largest absolute Gasteiger partial charge is 0.225 e. The van der Waals surface area contributed by atoms with Gasteiger partial charge in [0.05, 0.1) is 0 Å². The molecule has 0 aliphatic rings. The van der Waals surface area contributed by atoms with Crippen LogP contribution in [0.2, 0.25) is 0 Å². The predicted molar refractivity (Wildman–Crippen MR) is 52.0 cm³/mol. The summed E-state index contributed by atoms with van der Waals surface area (Å²) >= 11 is 1.79. The fraction of sp³-hybridized carbons (Fsp3) is 0.200. The van der Waals surface area contributed by atoms with E-state index in [9.17, 15) is 0 Å². The van der Waals surface area contributed by atoms with E-state index in [1.54, 1.807) is 11.3 Å². The molecule has 0 saturated heterocycles. The molecule has 1 aromatic heterocycles. The number of nitrogens with zero attached hydrogens (tertiary/aromatic N) is 1. The van der Waals surface area contributed by atoms with Gasteiger partial charge in [0, 0.05) is 12.5 Å². The highest BCUT2D eigenvalue weighted by Crippen LogP contribution is 2.14. The van der Waals surface area contributed by atoms with E-state index in [1.807, 2.05) is 0 Å². The summed E-state index contributed by atoms with van der Waals surface area (Å²) in [6.07, 6.45) is 0.950. The first kappa shape index (κ1) is 7.74. The summed E-state index contributed by atoms with van der Waals surface area (Å²) in [6, 6.07) is 8.46. The highest BCUT2D eigenvalue weighted by molar-refractivity contribution is 7.16. The van der Waals surface area contributed by atoms with Crippen molar-refractivity contribution in [3.05, 3.63) is 36.7 Å². The zero-order valence-electron chi connectivity index (χ0n) is 6.86. The lowest BCUT2D eigenvalue weighted by atomic mass is 10.3. The Balaban J connectivity index is 2.55. The molecule has 1 nitrogen and oxygen atoms in total. The molecule has 0 aliphatic carbocycles. The molecular weight excluding hydrogens is 166 g/mol. The van der Waals surface area contributed by atoms with Crippen molar-refractivity contribution in [1.82, 2.24) is 0 Å². The fourth-order valence-corrected chi connectivity index (χ4v) is 2.24. The van der Waals surface area contributed by atoms with Crippen molar-refractivity contribution in [3.63, 3.8) is 0 Å². The Bertz CT molecular complexity index is 378. The topological polar surface area (TPSA) is 3.88 Å². The number of para-hydroxylation sites is 1. The average Bonchev–Trinajstić information content (AvgIpc) is 2.50. The van der Waals surface area contributed by atoms with E-state index < -0.39 is 0 Å². The SMILES string of the molecule is [CH2]CC[n+]1csc2ccccc21. The van der Waals surface area contributed by atoms with E-state index in [2.05, 4.69) is 41.3 Å². The van der Waals surface area contributed by atoms with Crippen molar-refractivity contribution >= 4 is 21.6 Å². The molecule has 0 saturated carbocycles. The Morgan fingerprint density at radius 3 is 3.00 bits per heavy atom. The molecular formula is C10H11NS+. The molecule has 0 spiro atoms. The number of hydrogen-bond donors (Lipinski definition) is 0. The number of aryl methyl sites for hydroxylation is 1. The van der Waals surface area contributed by atoms with Gasteiger partial charge in [-0.2, -0.15) is 4.57 Å². The van der Waals surface area contributed by atoms with Gasteiger partial charge in [0.25, 0.3) is 0 Å². The number of benzene rings is 1. The second kappa shape index (κ2) is 3.23. The Labute approximate surface area is 76.3 Å².